The van der Waals surface area contributed by atoms with Crippen LogP contribution in [0.4, 0.5) is 0 Å². The van der Waals surface area contributed by atoms with Gasteiger partial charge in [0.25, 0.3) is 0 Å². The lowest BCUT2D eigenvalue weighted by Gasteiger charge is -2.03. The van der Waals surface area contributed by atoms with Gasteiger partial charge < -0.3 is 9.55 Å². The maximum Gasteiger partial charge on any atom is 0.178 e. The number of imidazole rings is 1. The van der Waals surface area contributed by atoms with Crippen LogP contribution in [0.15, 0.2) is 28.1 Å². The van der Waals surface area contributed by atoms with E-state index in [0.717, 1.165) is 15.5 Å². The van der Waals surface area contributed by atoms with Crippen molar-refractivity contribution in [3.05, 3.63) is 47.7 Å². The molecule has 0 unspecified atom stereocenters. The maximum atomic E-state index is 6.08. The predicted octanol–water partition coefficient (Wildman–Crippen LogP) is 5.88. The second-order valence-electron chi connectivity index (χ2n) is 4.03. The molecule has 1 N–H and O–H groups in total. The number of aromatic amines is 1. The van der Waals surface area contributed by atoms with Gasteiger partial charge in [-0.3, -0.25) is 0 Å². The molecule has 0 saturated carbocycles. The maximum absolute atomic E-state index is 6.08. The highest BCUT2D eigenvalue weighted by Gasteiger charge is 2.09. The van der Waals surface area contributed by atoms with Gasteiger partial charge in [-0.25, -0.2) is 0 Å². The third kappa shape index (κ3) is 2.62. The first-order valence-corrected chi connectivity index (χ1v) is 8.19. The molecule has 0 spiro atoms. The van der Waals surface area contributed by atoms with Crippen LogP contribution in [0.3, 0.4) is 0 Å². The highest BCUT2D eigenvalue weighted by molar-refractivity contribution is 9.10. The van der Waals surface area contributed by atoms with E-state index < -0.39 is 0 Å². The second kappa shape index (κ2) is 5.22. The molecule has 0 fully saturated rings. The summed E-state index contributed by atoms with van der Waals surface area (Å²) >= 11 is 22.6. The monoisotopic (exact) mass is 392 g/mol. The summed E-state index contributed by atoms with van der Waals surface area (Å²) in [6.07, 6.45) is 0. The number of rotatable bonds is 2. The highest BCUT2D eigenvalue weighted by atomic mass is 79.9. The molecule has 2 aromatic heterocycles. The first-order valence-electron chi connectivity index (χ1n) is 5.35. The number of halogens is 3. The van der Waals surface area contributed by atoms with Crippen molar-refractivity contribution in [2.75, 3.05) is 0 Å². The van der Waals surface area contributed by atoms with Crippen LogP contribution < -0.4 is 0 Å². The first-order chi connectivity index (χ1) is 9.04. The summed E-state index contributed by atoms with van der Waals surface area (Å²) in [5, 5.41) is 3.11. The number of fused-ring (bicyclic) bond motifs is 1. The summed E-state index contributed by atoms with van der Waals surface area (Å²) < 4.78 is 3.77. The molecule has 3 rings (SSSR count). The number of hydrogen-bond acceptors (Lipinski definition) is 2. The average Bonchev–Trinajstić information content (AvgIpc) is 2.87. The average molecular weight is 394 g/mol. The molecule has 2 heterocycles. The van der Waals surface area contributed by atoms with E-state index >= 15 is 0 Å². The lowest BCUT2D eigenvalue weighted by atomic mass is 10.3. The molecular weight excluding hydrogens is 387 g/mol. The minimum absolute atomic E-state index is 0.524. The van der Waals surface area contributed by atoms with E-state index in [9.17, 15) is 0 Å². The topological polar surface area (TPSA) is 20.7 Å². The Bertz CT molecular complexity index is 819. The zero-order valence-electron chi connectivity index (χ0n) is 9.41. The highest BCUT2D eigenvalue weighted by Crippen LogP contribution is 2.29. The number of aromatic nitrogens is 2. The molecule has 2 nitrogen and oxygen atoms in total. The Morgan fingerprint density at radius 3 is 2.68 bits per heavy atom. The summed E-state index contributed by atoms with van der Waals surface area (Å²) in [7, 11) is 0. The fourth-order valence-corrected chi connectivity index (χ4v) is 3.93. The van der Waals surface area contributed by atoms with Crippen LogP contribution in [-0.2, 0) is 6.54 Å². The van der Waals surface area contributed by atoms with Crippen molar-refractivity contribution in [1.29, 1.82) is 0 Å². The first kappa shape index (κ1) is 13.6. The third-order valence-electron chi connectivity index (χ3n) is 2.75. The van der Waals surface area contributed by atoms with E-state index in [-0.39, 0.29) is 0 Å². The van der Waals surface area contributed by atoms with Crippen LogP contribution in [0.25, 0.3) is 11.0 Å². The normalized spacial score (nSPS) is 11.3. The van der Waals surface area contributed by atoms with Gasteiger partial charge in [0.05, 0.1) is 27.6 Å². The van der Waals surface area contributed by atoms with Gasteiger partial charge in [-0.2, -0.15) is 0 Å². The lowest BCUT2D eigenvalue weighted by Crippen LogP contribution is -1.97. The smallest absolute Gasteiger partial charge is 0.178 e. The summed E-state index contributed by atoms with van der Waals surface area (Å²) in [4.78, 5) is 4.37. The number of nitrogens with one attached hydrogen (secondary N) is 1. The van der Waals surface area contributed by atoms with Crippen molar-refractivity contribution in [2.45, 2.75) is 6.54 Å². The molecule has 0 aliphatic heterocycles. The van der Waals surface area contributed by atoms with Crippen LogP contribution in [-0.4, -0.2) is 9.55 Å². The van der Waals surface area contributed by atoms with Gasteiger partial charge in [-0.1, -0.05) is 23.2 Å². The summed E-state index contributed by atoms with van der Waals surface area (Å²) in [5.41, 5.74) is 1.86. The SMILES string of the molecule is S=c1[nH]c2cc(Cl)c(Cl)cc2n1Cc1cc(Br)cs1. The molecule has 98 valence electrons. The van der Waals surface area contributed by atoms with Crippen molar-refractivity contribution in [1.82, 2.24) is 9.55 Å². The molecule has 0 saturated heterocycles. The van der Waals surface area contributed by atoms with Crippen molar-refractivity contribution < 1.29 is 0 Å². The number of nitrogens with zero attached hydrogens (tertiary/aromatic N) is 1. The zero-order valence-corrected chi connectivity index (χ0v) is 14.1. The van der Waals surface area contributed by atoms with Crippen LogP contribution in [0.5, 0.6) is 0 Å². The molecule has 19 heavy (non-hydrogen) atoms. The van der Waals surface area contributed by atoms with Gasteiger partial charge in [0.2, 0.25) is 0 Å². The standard InChI is InChI=1S/C12H7BrCl2N2S2/c13-6-1-7(19-5-6)4-17-11-3-9(15)8(14)2-10(11)16-12(17)18/h1-3,5H,4H2,(H,16,18). The molecular formula is C12H7BrCl2N2S2. The second-order valence-corrected chi connectivity index (χ2v) is 7.14. The van der Waals surface area contributed by atoms with E-state index in [2.05, 4.69) is 32.4 Å². The van der Waals surface area contributed by atoms with Gasteiger partial charge in [0.1, 0.15) is 0 Å². The Morgan fingerprint density at radius 1 is 1.26 bits per heavy atom. The molecule has 0 bridgehead atoms. The van der Waals surface area contributed by atoms with Crippen molar-refractivity contribution in [2.24, 2.45) is 0 Å². The minimum Gasteiger partial charge on any atom is -0.331 e. The Morgan fingerprint density at radius 2 is 2.00 bits per heavy atom. The summed E-state index contributed by atoms with van der Waals surface area (Å²) in [6.45, 7) is 0.715. The van der Waals surface area contributed by atoms with Crippen LogP contribution in [0, 0.1) is 4.77 Å². The fraction of sp³-hybridized carbons (Fsp3) is 0.0833. The third-order valence-corrected chi connectivity index (χ3v) is 5.48. The minimum atomic E-state index is 0.524. The van der Waals surface area contributed by atoms with E-state index in [4.69, 9.17) is 35.4 Å². The molecule has 0 atom stereocenters. The van der Waals surface area contributed by atoms with Gasteiger partial charge in [0.15, 0.2) is 4.77 Å². The van der Waals surface area contributed by atoms with E-state index in [1.54, 1.807) is 17.4 Å². The molecule has 7 heteroatoms. The molecule has 1 aromatic carbocycles. The molecule has 0 radical (unpaired) electrons. The zero-order chi connectivity index (χ0) is 13.6. The van der Waals surface area contributed by atoms with Crippen molar-refractivity contribution in [3.63, 3.8) is 0 Å². The lowest BCUT2D eigenvalue weighted by molar-refractivity contribution is 0.823. The van der Waals surface area contributed by atoms with Gasteiger partial charge in [0, 0.05) is 14.7 Å². The van der Waals surface area contributed by atoms with E-state index in [1.165, 1.54) is 4.88 Å². The van der Waals surface area contributed by atoms with Gasteiger partial charge >= 0.3 is 0 Å². The van der Waals surface area contributed by atoms with Crippen LogP contribution in [0.2, 0.25) is 10.0 Å². The molecule has 0 aliphatic carbocycles. The van der Waals surface area contributed by atoms with E-state index in [0.29, 0.717) is 21.4 Å². The number of hydrogen-bond donors (Lipinski definition) is 1. The summed E-state index contributed by atoms with van der Waals surface area (Å²) in [6, 6.07) is 5.73. The Hall–Kier alpha value is -0.330. The Balaban J connectivity index is 2.15. The number of thiophene rings is 1. The van der Waals surface area contributed by atoms with E-state index in [1.807, 2.05) is 10.6 Å². The molecule has 0 amide bonds. The van der Waals surface area contributed by atoms with Gasteiger partial charge in [-0.05, 0) is 46.3 Å². The largest absolute Gasteiger partial charge is 0.331 e. The molecule has 3 aromatic rings. The van der Waals surface area contributed by atoms with Crippen molar-refractivity contribution >= 4 is 73.7 Å². The quantitative estimate of drug-likeness (QED) is 0.539. The van der Waals surface area contributed by atoms with Gasteiger partial charge in [-0.15, -0.1) is 11.3 Å². The number of H-pyrrole nitrogens is 1. The summed E-state index contributed by atoms with van der Waals surface area (Å²) in [5.74, 6) is 0. The van der Waals surface area contributed by atoms with Crippen LogP contribution >= 0.6 is 62.7 Å². The number of benzene rings is 1. The molecule has 0 aliphatic rings. The fourth-order valence-electron chi connectivity index (χ4n) is 1.90. The Labute approximate surface area is 137 Å². The van der Waals surface area contributed by atoms with Crippen molar-refractivity contribution in [3.8, 4) is 0 Å². The van der Waals surface area contributed by atoms with Crippen LogP contribution in [0.1, 0.15) is 4.88 Å². The Kier molecular flexibility index (Phi) is 3.75. The predicted molar refractivity (Wildman–Crippen MR) is 88.3 cm³/mol.